The topological polar surface area (TPSA) is 134 Å². The number of amides is 1. The minimum atomic E-state index is -1.19. The molecule has 0 bridgehead atoms. The maximum atomic E-state index is 12.5. The molecule has 0 heterocycles. The third kappa shape index (κ3) is 6.04. The van der Waals surface area contributed by atoms with Crippen molar-refractivity contribution in [1.82, 2.24) is 5.32 Å². The van der Waals surface area contributed by atoms with Gasteiger partial charge in [0, 0.05) is 12.6 Å². The summed E-state index contributed by atoms with van der Waals surface area (Å²) in [6, 6.07) is 15.3. The number of anilines is 1. The van der Waals surface area contributed by atoms with Crippen LogP contribution >= 0.6 is 0 Å². The Kier molecular flexibility index (Phi) is 7.91. The highest BCUT2D eigenvalue weighted by Gasteiger charge is 2.33. The van der Waals surface area contributed by atoms with E-state index in [9.17, 15) is 25.0 Å². The van der Waals surface area contributed by atoms with Crippen molar-refractivity contribution in [2.75, 3.05) is 5.32 Å². The Morgan fingerprint density at radius 2 is 1.84 bits per heavy atom. The van der Waals surface area contributed by atoms with Gasteiger partial charge in [-0.3, -0.25) is 14.9 Å². The van der Waals surface area contributed by atoms with Crippen LogP contribution in [0.5, 0.6) is 0 Å². The van der Waals surface area contributed by atoms with Crippen molar-refractivity contribution in [3.8, 4) is 6.07 Å². The molecule has 0 aliphatic carbocycles. The van der Waals surface area contributed by atoms with Crippen LogP contribution in [0.15, 0.2) is 48.5 Å². The van der Waals surface area contributed by atoms with Gasteiger partial charge in [-0.1, -0.05) is 44.2 Å². The molecular formula is C23H26N4O5. The van der Waals surface area contributed by atoms with Gasteiger partial charge in [-0.05, 0) is 37.5 Å². The third-order valence-corrected chi connectivity index (χ3v) is 5.18. The molecule has 0 aromatic heterocycles. The number of ether oxygens (including phenoxy) is 1. The lowest BCUT2D eigenvalue weighted by Crippen LogP contribution is -2.52. The van der Waals surface area contributed by atoms with E-state index in [4.69, 9.17) is 4.74 Å². The molecule has 0 fully saturated rings. The molecular weight excluding hydrogens is 412 g/mol. The first-order chi connectivity index (χ1) is 15.1. The molecule has 2 rings (SSSR count). The number of nitriles is 1. The van der Waals surface area contributed by atoms with Gasteiger partial charge in [0.1, 0.15) is 11.2 Å². The smallest absolute Gasteiger partial charge is 0.339 e. The molecule has 168 valence electrons. The monoisotopic (exact) mass is 438 g/mol. The number of rotatable bonds is 9. The molecule has 0 radical (unpaired) electrons. The molecule has 2 atom stereocenters. The second kappa shape index (κ2) is 10.4. The fourth-order valence-electron chi connectivity index (χ4n) is 2.69. The van der Waals surface area contributed by atoms with Crippen molar-refractivity contribution in [3.05, 3.63) is 69.8 Å². The summed E-state index contributed by atoms with van der Waals surface area (Å²) in [6.45, 7) is 6.89. The fourth-order valence-corrected chi connectivity index (χ4v) is 2.69. The van der Waals surface area contributed by atoms with Crippen LogP contribution in [0.1, 0.15) is 43.6 Å². The van der Waals surface area contributed by atoms with Gasteiger partial charge in [0.05, 0.1) is 16.6 Å². The van der Waals surface area contributed by atoms with Gasteiger partial charge in [-0.2, -0.15) is 5.26 Å². The molecule has 2 aromatic carbocycles. The average molecular weight is 438 g/mol. The number of hydrogen-bond donors (Lipinski definition) is 2. The second-order valence-corrected chi connectivity index (χ2v) is 7.83. The predicted octanol–water partition coefficient (Wildman–Crippen LogP) is 3.81. The number of nitro benzene ring substituents is 1. The van der Waals surface area contributed by atoms with Crippen LogP contribution in [0.3, 0.4) is 0 Å². The van der Waals surface area contributed by atoms with Crippen molar-refractivity contribution < 1.29 is 19.2 Å². The van der Waals surface area contributed by atoms with Crippen molar-refractivity contribution >= 4 is 23.3 Å². The largest absolute Gasteiger partial charge is 0.449 e. The summed E-state index contributed by atoms with van der Waals surface area (Å²) in [6.07, 6.45) is -1.19. The molecule has 2 N–H and O–H groups in total. The number of benzene rings is 2. The van der Waals surface area contributed by atoms with Gasteiger partial charge in [0.25, 0.3) is 11.6 Å². The summed E-state index contributed by atoms with van der Waals surface area (Å²) >= 11 is 0. The lowest BCUT2D eigenvalue weighted by atomic mass is 9.90. The summed E-state index contributed by atoms with van der Waals surface area (Å²) < 4.78 is 5.17. The summed E-state index contributed by atoms with van der Waals surface area (Å²) in [5.74, 6) is -1.68. The fraction of sp³-hybridized carbons (Fsp3) is 0.348. The molecule has 0 unspecified atom stereocenters. The molecule has 32 heavy (non-hydrogen) atoms. The zero-order valence-corrected chi connectivity index (χ0v) is 18.4. The lowest BCUT2D eigenvalue weighted by Gasteiger charge is -2.28. The summed E-state index contributed by atoms with van der Waals surface area (Å²) in [5.41, 5.74) is -0.278. The first kappa shape index (κ1) is 24.3. The SMILES string of the molecule is CC(C)[C@](C)(C#N)NC(=O)[C@H](C)OC(=O)c1ccc(NCc2ccccc2)c([N+](=O)[O-])c1. The van der Waals surface area contributed by atoms with Gasteiger partial charge < -0.3 is 15.4 Å². The highest BCUT2D eigenvalue weighted by molar-refractivity contribution is 5.93. The average Bonchev–Trinajstić information content (AvgIpc) is 2.77. The highest BCUT2D eigenvalue weighted by atomic mass is 16.6. The summed E-state index contributed by atoms with van der Waals surface area (Å²) in [5, 5.41) is 26.4. The van der Waals surface area contributed by atoms with E-state index in [0.29, 0.717) is 6.54 Å². The lowest BCUT2D eigenvalue weighted by molar-refractivity contribution is -0.384. The Balaban J connectivity index is 2.11. The van der Waals surface area contributed by atoms with Crippen molar-refractivity contribution in [1.29, 1.82) is 5.26 Å². The summed E-state index contributed by atoms with van der Waals surface area (Å²) in [7, 11) is 0. The van der Waals surface area contributed by atoms with Gasteiger partial charge in [0.15, 0.2) is 6.10 Å². The minimum absolute atomic E-state index is 0.0616. The zero-order chi connectivity index (χ0) is 23.9. The van der Waals surface area contributed by atoms with E-state index in [1.54, 1.807) is 20.8 Å². The van der Waals surface area contributed by atoms with Crippen LogP contribution in [0.25, 0.3) is 0 Å². The van der Waals surface area contributed by atoms with Gasteiger partial charge in [-0.15, -0.1) is 0 Å². The number of carbonyl (C=O) groups excluding carboxylic acids is 2. The Labute approximate surface area is 186 Å². The van der Waals surface area contributed by atoms with Crippen LogP contribution in [0.2, 0.25) is 0 Å². The Morgan fingerprint density at radius 1 is 1.19 bits per heavy atom. The van der Waals surface area contributed by atoms with Crippen LogP contribution < -0.4 is 10.6 Å². The summed E-state index contributed by atoms with van der Waals surface area (Å²) in [4.78, 5) is 35.8. The number of esters is 1. The highest BCUT2D eigenvalue weighted by Crippen LogP contribution is 2.27. The number of carbonyl (C=O) groups is 2. The maximum absolute atomic E-state index is 12.5. The first-order valence-corrected chi connectivity index (χ1v) is 10.1. The molecule has 1 amide bonds. The van der Waals surface area contributed by atoms with Crippen LogP contribution in [-0.2, 0) is 16.1 Å². The molecule has 0 aliphatic rings. The van der Waals surface area contributed by atoms with E-state index in [1.165, 1.54) is 19.1 Å². The number of hydrogen-bond acceptors (Lipinski definition) is 7. The third-order valence-electron chi connectivity index (χ3n) is 5.18. The van der Waals surface area contributed by atoms with E-state index in [1.807, 2.05) is 36.4 Å². The quantitative estimate of drug-likeness (QED) is 0.345. The maximum Gasteiger partial charge on any atom is 0.339 e. The van der Waals surface area contributed by atoms with Gasteiger partial charge in [-0.25, -0.2) is 4.79 Å². The van der Waals surface area contributed by atoms with Crippen LogP contribution in [0.4, 0.5) is 11.4 Å². The van der Waals surface area contributed by atoms with E-state index in [2.05, 4.69) is 10.6 Å². The van der Waals surface area contributed by atoms with Crippen molar-refractivity contribution in [3.63, 3.8) is 0 Å². The van der Waals surface area contributed by atoms with E-state index >= 15 is 0 Å². The molecule has 0 spiro atoms. The van der Waals surface area contributed by atoms with E-state index < -0.39 is 28.4 Å². The molecule has 9 nitrogen and oxygen atoms in total. The first-order valence-electron chi connectivity index (χ1n) is 10.1. The van der Waals surface area contributed by atoms with E-state index in [0.717, 1.165) is 11.6 Å². The number of nitro groups is 1. The molecule has 0 aliphatic heterocycles. The number of nitrogens with one attached hydrogen (secondary N) is 2. The predicted molar refractivity (Wildman–Crippen MR) is 119 cm³/mol. The van der Waals surface area contributed by atoms with Crippen molar-refractivity contribution in [2.24, 2.45) is 5.92 Å². The second-order valence-electron chi connectivity index (χ2n) is 7.83. The Hall–Kier alpha value is -3.93. The van der Waals surface area contributed by atoms with Crippen LogP contribution in [-0.4, -0.2) is 28.4 Å². The van der Waals surface area contributed by atoms with E-state index in [-0.39, 0.29) is 22.9 Å². The molecule has 9 heteroatoms. The van der Waals surface area contributed by atoms with Gasteiger partial charge >= 0.3 is 5.97 Å². The molecule has 2 aromatic rings. The van der Waals surface area contributed by atoms with Crippen molar-refractivity contribution in [2.45, 2.75) is 45.9 Å². The van der Waals surface area contributed by atoms with Crippen LogP contribution in [0, 0.1) is 27.4 Å². The van der Waals surface area contributed by atoms with Gasteiger partial charge in [0.2, 0.25) is 0 Å². The zero-order valence-electron chi connectivity index (χ0n) is 18.4. The Bertz CT molecular complexity index is 1030. The molecule has 0 saturated carbocycles. The minimum Gasteiger partial charge on any atom is -0.449 e. The normalized spacial score (nSPS) is 13.4. The molecule has 0 saturated heterocycles. The number of nitrogens with zero attached hydrogens (tertiary/aromatic N) is 2. The standard InChI is InChI=1S/C23H26N4O5/c1-15(2)23(4,14-24)26-21(28)16(3)32-22(29)18-10-11-19(20(12-18)27(30)31)25-13-17-8-6-5-7-9-17/h5-12,15-16,25H,13H2,1-4H3,(H,26,28)/t16-,23-/m0/s1. The Morgan fingerprint density at radius 3 is 2.41 bits per heavy atom.